The van der Waals surface area contributed by atoms with Crippen molar-refractivity contribution in [2.24, 2.45) is 7.05 Å². The number of benzene rings is 1. The van der Waals surface area contributed by atoms with Gasteiger partial charge < -0.3 is 4.90 Å². The summed E-state index contributed by atoms with van der Waals surface area (Å²) in [6.07, 6.45) is 8.72. The summed E-state index contributed by atoms with van der Waals surface area (Å²) in [6, 6.07) is 11.2. The molecule has 27 heavy (non-hydrogen) atoms. The lowest BCUT2D eigenvalue weighted by molar-refractivity contribution is 0.0611. The molecule has 0 spiro atoms. The van der Waals surface area contributed by atoms with Gasteiger partial charge in [0.05, 0.1) is 17.9 Å². The number of rotatable bonds is 3. The van der Waals surface area contributed by atoms with Crippen LogP contribution in [0, 0.1) is 0 Å². The van der Waals surface area contributed by atoms with E-state index in [1.807, 2.05) is 30.4 Å². The summed E-state index contributed by atoms with van der Waals surface area (Å²) in [5.74, 6) is 0.0488. The van der Waals surface area contributed by atoms with E-state index in [9.17, 15) is 4.79 Å². The van der Waals surface area contributed by atoms with Gasteiger partial charge in [-0.15, -0.1) is 0 Å². The molecule has 0 N–H and O–H groups in total. The van der Waals surface area contributed by atoms with Crippen molar-refractivity contribution in [1.29, 1.82) is 0 Å². The Morgan fingerprint density at radius 3 is 2.59 bits per heavy atom. The van der Waals surface area contributed by atoms with Gasteiger partial charge in [-0.05, 0) is 55.2 Å². The molecule has 1 fully saturated rings. The number of amides is 1. The van der Waals surface area contributed by atoms with Crippen molar-refractivity contribution in [3.8, 4) is 11.3 Å². The van der Waals surface area contributed by atoms with E-state index in [2.05, 4.69) is 16.1 Å². The summed E-state index contributed by atoms with van der Waals surface area (Å²) < 4.78 is 1.76. The number of carbonyl (C=O) groups is 1. The molecule has 138 valence electrons. The van der Waals surface area contributed by atoms with Crippen LogP contribution in [0.1, 0.15) is 41.2 Å². The first-order valence-corrected chi connectivity index (χ1v) is 9.51. The molecule has 1 saturated heterocycles. The van der Waals surface area contributed by atoms with Gasteiger partial charge in [-0.1, -0.05) is 17.7 Å². The average Bonchev–Trinajstić information content (AvgIpc) is 3.14. The Bertz CT molecular complexity index is 934. The zero-order valence-electron chi connectivity index (χ0n) is 15.2. The second-order valence-electron chi connectivity index (χ2n) is 6.90. The van der Waals surface area contributed by atoms with Crippen molar-refractivity contribution in [2.75, 3.05) is 6.54 Å². The van der Waals surface area contributed by atoms with Crippen LogP contribution in [0.3, 0.4) is 0 Å². The fourth-order valence-electron chi connectivity index (χ4n) is 3.61. The standard InChI is InChI=1S/C21H21ClN4O/c1-25-14-17(13-24-25)19-10-7-16(12-23-19)20-4-2-3-11-26(20)21(27)15-5-8-18(22)9-6-15/h5-10,12-14,20H,2-4,11H2,1H3. The lowest BCUT2D eigenvalue weighted by Crippen LogP contribution is -2.38. The Labute approximate surface area is 163 Å². The predicted octanol–water partition coefficient (Wildman–Crippen LogP) is 4.50. The molecule has 1 amide bonds. The molecule has 1 aliphatic rings. The maximum Gasteiger partial charge on any atom is 0.254 e. The molecule has 2 aromatic heterocycles. The number of aromatic nitrogens is 3. The van der Waals surface area contributed by atoms with E-state index in [-0.39, 0.29) is 11.9 Å². The van der Waals surface area contributed by atoms with Crippen LogP contribution < -0.4 is 0 Å². The first-order valence-electron chi connectivity index (χ1n) is 9.13. The van der Waals surface area contributed by atoms with Gasteiger partial charge >= 0.3 is 0 Å². The number of hydrogen-bond donors (Lipinski definition) is 0. The second-order valence-corrected chi connectivity index (χ2v) is 7.33. The summed E-state index contributed by atoms with van der Waals surface area (Å²) in [4.78, 5) is 19.6. The Kier molecular flexibility index (Phi) is 4.94. The van der Waals surface area contributed by atoms with Crippen LogP contribution in [0.2, 0.25) is 5.02 Å². The molecule has 3 heterocycles. The lowest BCUT2D eigenvalue weighted by Gasteiger charge is -2.36. The zero-order chi connectivity index (χ0) is 18.8. The molecular formula is C21H21ClN4O. The van der Waals surface area contributed by atoms with Crippen LogP contribution in [-0.2, 0) is 7.05 Å². The highest BCUT2D eigenvalue weighted by atomic mass is 35.5. The summed E-state index contributed by atoms with van der Waals surface area (Å²) in [5.41, 5.74) is 3.62. The highest BCUT2D eigenvalue weighted by molar-refractivity contribution is 6.30. The number of likely N-dealkylation sites (tertiary alicyclic amines) is 1. The fraction of sp³-hybridized carbons (Fsp3) is 0.286. The third-order valence-electron chi connectivity index (χ3n) is 5.03. The number of nitrogens with zero attached hydrogens (tertiary/aromatic N) is 4. The van der Waals surface area contributed by atoms with Crippen LogP contribution in [-0.4, -0.2) is 32.1 Å². The minimum absolute atomic E-state index is 0.0488. The largest absolute Gasteiger partial charge is 0.332 e. The smallest absolute Gasteiger partial charge is 0.254 e. The number of halogens is 1. The van der Waals surface area contributed by atoms with Crippen LogP contribution >= 0.6 is 11.6 Å². The molecule has 0 aliphatic carbocycles. The molecule has 6 heteroatoms. The topological polar surface area (TPSA) is 51.0 Å². The van der Waals surface area contributed by atoms with Crippen LogP contribution in [0.25, 0.3) is 11.3 Å². The van der Waals surface area contributed by atoms with E-state index in [0.717, 1.165) is 42.6 Å². The fourth-order valence-corrected chi connectivity index (χ4v) is 3.73. The lowest BCUT2D eigenvalue weighted by atomic mass is 9.95. The zero-order valence-corrected chi connectivity index (χ0v) is 15.9. The maximum absolute atomic E-state index is 13.0. The van der Waals surface area contributed by atoms with Crippen molar-refractivity contribution in [3.63, 3.8) is 0 Å². The first kappa shape index (κ1) is 17.7. The van der Waals surface area contributed by atoms with E-state index in [1.165, 1.54) is 0 Å². The normalized spacial score (nSPS) is 17.1. The number of piperidine rings is 1. The Morgan fingerprint density at radius 2 is 1.93 bits per heavy atom. The van der Waals surface area contributed by atoms with E-state index >= 15 is 0 Å². The predicted molar refractivity (Wildman–Crippen MR) is 106 cm³/mol. The number of carbonyl (C=O) groups excluding carboxylic acids is 1. The Morgan fingerprint density at radius 1 is 1.11 bits per heavy atom. The second kappa shape index (κ2) is 7.53. The van der Waals surface area contributed by atoms with Crippen molar-refractivity contribution < 1.29 is 4.79 Å². The minimum atomic E-state index is 0.0488. The summed E-state index contributed by atoms with van der Waals surface area (Å²) >= 11 is 5.95. The van der Waals surface area contributed by atoms with Crippen molar-refractivity contribution >= 4 is 17.5 Å². The summed E-state index contributed by atoms with van der Waals surface area (Å²) in [5, 5.41) is 4.83. The van der Waals surface area contributed by atoms with Gasteiger partial charge in [-0.25, -0.2) is 0 Å². The molecule has 5 nitrogen and oxygen atoms in total. The summed E-state index contributed by atoms with van der Waals surface area (Å²) in [7, 11) is 1.89. The Balaban J connectivity index is 1.58. The van der Waals surface area contributed by atoms with E-state index in [0.29, 0.717) is 10.6 Å². The molecule has 0 bridgehead atoms. The SMILES string of the molecule is Cn1cc(-c2ccc(C3CCCCN3C(=O)c3ccc(Cl)cc3)cn2)cn1. The molecule has 1 unspecified atom stereocenters. The van der Waals surface area contributed by atoms with Crippen LogP contribution in [0.4, 0.5) is 0 Å². The van der Waals surface area contributed by atoms with E-state index < -0.39 is 0 Å². The third kappa shape index (κ3) is 3.74. The van der Waals surface area contributed by atoms with Gasteiger partial charge in [0, 0.05) is 42.1 Å². The molecule has 0 radical (unpaired) electrons. The molecule has 3 aromatic rings. The molecule has 1 atom stereocenters. The molecule has 0 saturated carbocycles. The molecule has 4 rings (SSSR count). The van der Waals surface area contributed by atoms with Gasteiger partial charge in [0.25, 0.3) is 5.91 Å². The number of hydrogen-bond acceptors (Lipinski definition) is 3. The average molecular weight is 381 g/mol. The van der Waals surface area contributed by atoms with Gasteiger partial charge in [0.15, 0.2) is 0 Å². The summed E-state index contributed by atoms with van der Waals surface area (Å²) in [6.45, 7) is 0.760. The minimum Gasteiger partial charge on any atom is -0.332 e. The molecular weight excluding hydrogens is 360 g/mol. The number of pyridine rings is 1. The van der Waals surface area contributed by atoms with Crippen LogP contribution in [0.5, 0.6) is 0 Å². The molecule has 1 aliphatic heterocycles. The monoisotopic (exact) mass is 380 g/mol. The van der Waals surface area contributed by atoms with Crippen LogP contribution in [0.15, 0.2) is 55.0 Å². The van der Waals surface area contributed by atoms with E-state index in [1.54, 1.807) is 35.1 Å². The van der Waals surface area contributed by atoms with E-state index in [4.69, 9.17) is 11.6 Å². The number of aryl methyl sites for hydroxylation is 1. The molecule has 1 aromatic carbocycles. The van der Waals surface area contributed by atoms with Crippen molar-refractivity contribution in [3.05, 3.63) is 71.1 Å². The van der Waals surface area contributed by atoms with Gasteiger partial charge in [-0.2, -0.15) is 5.10 Å². The Hall–Kier alpha value is -2.66. The third-order valence-corrected chi connectivity index (χ3v) is 5.28. The van der Waals surface area contributed by atoms with Gasteiger partial charge in [-0.3, -0.25) is 14.5 Å². The quantitative estimate of drug-likeness (QED) is 0.672. The first-order chi connectivity index (χ1) is 13.1. The van der Waals surface area contributed by atoms with Gasteiger partial charge in [0.2, 0.25) is 0 Å². The highest BCUT2D eigenvalue weighted by Crippen LogP contribution is 2.32. The maximum atomic E-state index is 13.0. The highest BCUT2D eigenvalue weighted by Gasteiger charge is 2.29. The van der Waals surface area contributed by atoms with Crippen molar-refractivity contribution in [2.45, 2.75) is 25.3 Å². The van der Waals surface area contributed by atoms with Crippen molar-refractivity contribution in [1.82, 2.24) is 19.7 Å². The van der Waals surface area contributed by atoms with Gasteiger partial charge in [0.1, 0.15) is 0 Å².